The Morgan fingerprint density at radius 3 is 2.57 bits per heavy atom. The first-order chi connectivity index (χ1) is 17.2. The van der Waals surface area contributed by atoms with E-state index in [0.717, 1.165) is 64.1 Å². The van der Waals surface area contributed by atoms with Gasteiger partial charge in [0.2, 0.25) is 0 Å². The van der Waals surface area contributed by atoms with E-state index in [2.05, 4.69) is 41.2 Å². The molecule has 6 rings (SSSR count). The topological polar surface area (TPSA) is 95.5 Å². The van der Waals surface area contributed by atoms with E-state index in [9.17, 15) is 0 Å². The molecule has 1 aliphatic rings. The van der Waals surface area contributed by atoms with Gasteiger partial charge in [0.25, 0.3) is 0 Å². The summed E-state index contributed by atoms with van der Waals surface area (Å²) in [5, 5.41) is 3.36. The van der Waals surface area contributed by atoms with Gasteiger partial charge in [-0.05, 0) is 68.7 Å². The van der Waals surface area contributed by atoms with Crippen LogP contribution >= 0.6 is 0 Å². The van der Waals surface area contributed by atoms with E-state index >= 15 is 0 Å². The maximum Gasteiger partial charge on any atom is 0.130 e. The maximum absolute atomic E-state index is 4.88. The molecule has 0 amide bonds. The Morgan fingerprint density at radius 2 is 1.74 bits per heavy atom. The van der Waals surface area contributed by atoms with E-state index < -0.39 is 0 Å². The average molecular weight is 463 g/mol. The molecule has 0 unspecified atom stereocenters. The first-order valence-corrected chi connectivity index (χ1v) is 12.0. The van der Waals surface area contributed by atoms with E-state index in [1.165, 1.54) is 24.9 Å². The number of hydrogen-bond acceptors (Lipinski definition) is 7. The standard InChI is InChI=1S/C27H26N8/c1-18-6-5-7-22(32-18)26-27(31-17-30-26)23-10-9-21-24(34-23)14-19(15-28-21)33-25-11-8-20(16-29-25)35-12-3-2-4-13-35/h5-11,14-17H,2-4,12-13H2,1H3,(H,29,33)(H,30,31). The Kier molecular flexibility index (Phi) is 5.54. The first kappa shape index (κ1) is 21.2. The Bertz CT molecular complexity index is 1470. The van der Waals surface area contributed by atoms with Gasteiger partial charge in [0, 0.05) is 18.8 Å². The van der Waals surface area contributed by atoms with E-state index in [1.807, 2.05) is 61.8 Å². The van der Waals surface area contributed by atoms with Gasteiger partial charge in [0.05, 0.1) is 58.2 Å². The van der Waals surface area contributed by atoms with E-state index in [0.29, 0.717) is 0 Å². The summed E-state index contributed by atoms with van der Waals surface area (Å²) < 4.78 is 0. The van der Waals surface area contributed by atoms with Crippen molar-refractivity contribution in [1.29, 1.82) is 0 Å². The lowest BCUT2D eigenvalue weighted by Gasteiger charge is -2.28. The molecule has 0 atom stereocenters. The van der Waals surface area contributed by atoms with Crippen LogP contribution in [0.1, 0.15) is 25.0 Å². The largest absolute Gasteiger partial charge is 0.370 e. The summed E-state index contributed by atoms with van der Waals surface area (Å²) in [7, 11) is 0. The molecule has 35 heavy (non-hydrogen) atoms. The van der Waals surface area contributed by atoms with Crippen LogP contribution in [0.4, 0.5) is 17.2 Å². The molecule has 5 aromatic rings. The third-order valence-electron chi connectivity index (χ3n) is 6.31. The number of rotatable bonds is 5. The van der Waals surface area contributed by atoms with Gasteiger partial charge in [-0.2, -0.15) is 0 Å². The van der Waals surface area contributed by atoms with Gasteiger partial charge in [-0.1, -0.05) is 6.07 Å². The second-order valence-corrected chi connectivity index (χ2v) is 8.82. The van der Waals surface area contributed by atoms with E-state index in [4.69, 9.17) is 4.98 Å². The summed E-state index contributed by atoms with van der Waals surface area (Å²) in [6.45, 7) is 4.18. The van der Waals surface area contributed by atoms with Crippen molar-refractivity contribution in [3.05, 3.63) is 72.9 Å². The molecule has 0 radical (unpaired) electrons. The second kappa shape index (κ2) is 9.13. The van der Waals surface area contributed by atoms with Crippen LogP contribution in [0.5, 0.6) is 0 Å². The van der Waals surface area contributed by atoms with Gasteiger partial charge in [0.1, 0.15) is 11.5 Å². The lowest BCUT2D eigenvalue weighted by Crippen LogP contribution is -2.29. The summed E-state index contributed by atoms with van der Waals surface area (Å²) in [6, 6.07) is 16.0. The number of aryl methyl sites for hydroxylation is 1. The molecular weight excluding hydrogens is 436 g/mol. The van der Waals surface area contributed by atoms with Crippen molar-refractivity contribution >= 4 is 28.2 Å². The highest BCUT2D eigenvalue weighted by Gasteiger charge is 2.14. The summed E-state index contributed by atoms with van der Waals surface area (Å²) in [4.78, 5) is 28.8. The molecular formula is C27H26N8. The number of nitrogens with one attached hydrogen (secondary N) is 2. The third-order valence-corrected chi connectivity index (χ3v) is 6.31. The van der Waals surface area contributed by atoms with E-state index in [1.54, 1.807) is 6.33 Å². The van der Waals surface area contributed by atoms with Crippen LogP contribution in [0.2, 0.25) is 0 Å². The van der Waals surface area contributed by atoms with Crippen LogP contribution in [0.15, 0.2) is 67.3 Å². The van der Waals surface area contributed by atoms with Crippen molar-refractivity contribution < 1.29 is 0 Å². The lowest BCUT2D eigenvalue weighted by atomic mass is 10.1. The Labute approximate surface area is 203 Å². The molecule has 5 aromatic heterocycles. The van der Waals surface area contributed by atoms with Crippen LogP contribution in [-0.4, -0.2) is 43.0 Å². The number of anilines is 3. The monoisotopic (exact) mass is 462 g/mol. The second-order valence-electron chi connectivity index (χ2n) is 8.82. The summed E-state index contributed by atoms with van der Waals surface area (Å²) in [5.41, 5.74) is 7.78. The predicted molar refractivity (Wildman–Crippen MR) is 139 cm³/mol. The van der Waals surface area contributed by atoms with Gasteiger partial charge in [0.15, 0.2) is 0 Å². The zero-order valence-electron chi connectivity index (χ0n) is 19.6. The zero-order chi connectivity index (χ0) is 23.6. The van der Waals surface area contributed by atoms with Crippen LogP contribution in [0, 0.1) is 6.92 Å². The fourth-order valence-corrected chi connectivity index (χ4v) is 4.52. The first-order valence-electron chi connectivity index (χ1n) is 12.0. The molecule has 8 nitrogen and oxygen atoms in total. The van der Waals surface area contributed by atoms with Gasteiger partial charge in [-0.3, -0.25) is 9.97 Å². The van der Waals surface area contributed by atoms with Crippen molar-refractivity contribution in [1.82, 2.24) is 29.9 Å². The maximum atomic E-state index is 4.88. The van der Waals surface area contributed by atoms with Gasteiger partial charge in [-0.25, -0.2) is 15.0 Å². The summed E-state index contributed by atoms with van der Waals surface area (Å²) in [5.74, 6) is 0.782. The van der Waals surface area contributed by atoms with Gasteiger partial charge in [-0.15, -0.1) is 0 Å². The molecule has 0 aliphatic carbocycles. The van der Waals surface area contributed by atoms with Crippen LogP contribution in [0.25, 0.3) is 33.8 Å². The lowest BCUT2D eigenvalue weighted by molar-refractivity contribution is 0.577. The number of fused-ring (bicyclic) bond motifs is 1. The third kappa shape index (κ3) is 4.42. The molecule has 0 spiro atoms. The SMILES string of the molecule is Cc1cccc(-c2nc[nH]c2-c2ccc3ncc(Nc4ccc(N5CCCCC5)cn4)cc3n2)n1. The predicted octanol–water partition coefficient (Wildman–Crippen LogP) is 5.52. The van der Waals surface area contributed by atoms with Crippen LogP contribution < -0.4 is 10.2 Å². The summed E-state index contributed by atoms with van der Waals surface area (Å²) in [6.07, 6.45) is 9.24. The number of H-pyrrole nitrogens is 1. The fraction of sp³-hybridized carbons (Fsp3) is 0.222. The van der Waals surface area contributed by atoms with Crippen molar-refractivity contribution in [3.8, 4) is 22.8 Å². The average Bonchev–Trinajstić information content (AvgIpc) is 3.39. The van der Waals surface area contributed by atoms with Crippen molar-refractivity contribution in [2.75, 3.05) is 23.3 Å². The number of piperidine rings is 1. The number of aromatic amines is 1. The van der Waals surface area contributed by atoms with Gasteiger partial charge >= 0.3 is 0 Å². The molecule has 0 saturated carbocycles. The molecule has 8 heteroatoms. The quantitative estimate of drug-likeness (QED) is 0.355. The minimum Gasteiger partial charge on any atom is -0.370 e. The highest BCUT2D eigenvalue weighted by atomic mass is 15.1. The Hall–Kier alpha value is -4.33. The Balaban J connectivity index is 1.26. The number of nitrogens with zero attached hydrogens (tertiary/aromatic N) is 6. The smallest absolute Gasteiger partial charge is 0.130 e. The molecule has 0 aromatic carbocycles. The molecule has 6 heterocycles. The molecule has 2 N–H and O–H groups in total. The van der Waals surface area contributed by atoms with Crippen molar-refractivity contribution in [2.24, 2.45) is 0 Å². The van der Waals surface area contributed by atoms with Crippen LogP contribution in [0.3, 0.4) is 0 Å². The number of aromatic nitrogens is 6. The normalized spacial score (nSPS) is 13.8. The minimum atomic E-state index is 0.779. The number of pyridine rings is 4. The molecule has 1 fully saturated rings. The Morgan fingerprint density at radius 1 is 0.829 bits per heavy atom. The van der Waals surface area contributed by atoms with Crippen LogP contribution in [-0.2, 0) is 0 Å². The molecule has 1 aliphatic heterocycles. The highest BCUT2D eigenvalue weighted by Crippen LogP contribution is 2.29. The zero-order valence-corrected chi connectivity index (χ0v) is 19.6. The summed E-state index contributed by atoms with van der Waals surface area (Å²) >= 11 is 0. The van der Waals surface area contributed by atoms with Gasteiger partial charge < -0.3 is 15.2 Å². The molecule has 1 saturated heterocycles. The number of imidazole rings is 1. The fourth-order valence-electron chi connectivity index (χ4n) is 4.52. The van der Waals surface area contributed by atoms with Crippen molar-refractivity contribution in [3.63, 3.8) is 0 Å². The highest BCUT2D eigenvalue weighted by molar-refractivity contribution is 5.83. The minimum absolute atomic E-state index is 0.779. The number of hydrogen-bond donors (Lipinski definition) is 2. The van der Waals surface area contributed by atoms with E-state index in [-0.39, 0.29) is 0 Å². The molecule has 0 bridgehead atoms. The molecule has 174 valence electrons. The van der Waals surface area contributed by atoms with Crippen molar-refractivity contribution in [2.45, 2.75) is 26.2 Å².